The van der Waals surface area contributed by atoms with Crippen molar-refractivity contribution in [1.82, 2.24) is 9.97 Å². The Morgan fingerprint density at radius 3 is 2.83 bits per heavy atom. The molecule has 2 aliphatic rings. The molecule has 1 heterocycles. The van der Waals surface area contributed by atoms with Crippen LogP contribution in [0.1, 0.15) is 17.0 Å². The zero-order valence-corrected chi connectivity index (χ0v) is 10.1. The van der Waals surface area contributed by atoms with Gasteiger partial charge in [-0.1, -0.05) is 24.3 Å². The highest BCUT2D eigenvalue weighted by Crippen LogP contribution is 2.61. The molecule has 4 rings (SSSR count). The van der Waals surface area contributed by atoms with Gasteiger partial charge in [-0.2, -0.15) is 0 Å². The highest BCUT2D eigenvalue weighted by molar-refractivity contribution is 5.44. The monoisotopic (exact) mass is 237 g/mol. The van der Waals surface area contributed by atoms with Gasteiger partial charge in [0.05, 0.1) is 0 Å². The number of nitrogens with one attached hydrogen (secondary N) is 1. The van der Waals surface area contributed by atoms with E-state index in [1.165, 1.54) is 6.42 Å². The molecule has 0 aliphatic heterocycles. The van der Waals surface area contributed by atoms with Gasteiger partial charge in [0, 0.05) is 18.9 Å². The number of rotatable bonds is 3. The summed E-state index contributed by atoms with van der Waals surface area (Å²) in [6.45, 7) is 0.994. The lowest BCUT2D eigenvalue weighted by atomic mass is 10.0. The largest absolute Gasteiger partial charge is 0.354 e. The van der Waals surface area contributed by atoms with E-state index in [1.54, 1.807) is 23.5 Å². The van der Waals surface area contributed by atoms with E-state index in [1.807, 2.05) is 6.07 Å². The highest BCUT2D eigenvalue weighted by atomic mass is 15.1. The van der Waals surface area contributed by atoms with Crippen LogP contribution in [0, 0.1) is 11.8 Å². The summed E-state index contributed by atoms with van der Waals surface area (Å²) >= 11 is 0. The van der Waals surface area contributed by atoms with Crippen molar-refractivity contribution < 1.29 is 0 Å². The van der Waals surface area contributed by atoms with Crippen molar-refractivity contribution in [3.05, 3.63) is 53.9 Å². The lowest BCUT2D eigenvalue weighted by molar-refractivity contribution is 0.716. The minimum atomic E-state index is 0.746. The molecular weight excluding hydrogens is 222 g/mol. The Hall–Kier alpha value is -1.90. The molecule has 18 heavy (non-hydrogen) atoms. The highest BCUT2D eigenvalue weighted by Gasteiger charge is 2.54. The second kappa shape index (κ2) is 3.80. The van der Waals surface area contributed by atoms with E-state index in [0.29, 0.717) is 0 Å². The molecule has 0 radical (unpaired) electrons. The van der Waals surface area contributed by atoms with E-state index in [0.717, 1.165) is 30.2 Å². The average molecular weight is 237 g/mol. The van der Waals surface area contributed by atoms with Crippen LogP contribution in [-0.2, 0) is 6.42 Å². The van der Waals surface area contributed by atoms with Crippen molar-refractivity contribution in [2.75, 3.05) is 11.9 Å². The third-order valence-electron chi connectivity index (χ3n) is 4.26. The van der Waals surface area contributed by atoms with Gasteiger partial charge in [0.2, 0.25) is 5.95 Å². The van der Waals surface area contributed by atoms with Gasteiger partial charge in [-0.05, 0) is 41.4 Å². The van der Waals surface area contributed by atoms with Crippen LogP contribution < -0.4 is 5.32 Å². The molecule has 3 nitrogen and oxygen atoms in total. The molecule has 1 fully saturated rings. The van der Waals surface area contributed by atoms with E-state index in [4.69, 9.17) is 0 Å². The molecule has 1 N–H and O–H groups in total. The third kappa shape index (κ3) is 1.50. The van der Waals surface area contributed by atoms with Gasteiger partial charge in [-0.3, -0.25) is 0 Å². The fourth-order valence-corrected chi connectivity index (χ4v) is 3.36. The molecule has 2 aliphatic carbocycles. The van der Waals surface area contributed by atoms with Gasteiger partial charge >= 0.3 is 0 Å². The lowest BCUT2D eigenvalue weighted by Gasteiger charge is -2.08. The van der Waals surface area contributed by atoms with Crippen LogP contribution in [0.5, 0.6) is 0 Å². The Kier molecular flexibility index (Phi) is 2.13. The average Bonchev–Trinajstić information content (AvgIpc) is 2.97. The first kappa shape index (κ1) is 10.1. The fourth-order valence-electron chi connectivity index (χ4n) is 3.36. The normalized spacial score (nSPS) is 27.4. The summed E-state index contributed by atoms with van der Waals surface area (Å²) < 4.78 is 0. The van der Waals surface area contributed by atoms with Crippen LogP contribution in [0.3, 0.4) is 0 Å². The van der Waals surface area contributed by atoms with Crippen LogP contribution in [0.15, 0.2) is 42.7 Å². The first-order chi connectivity index (χ1) is 8.93. The smallest absolute Gasteiger partial charge is 0.222 e. The number of hydrogen-bond donors (Lipinski definition) is 1. The van der Waals surface area contributed by atoms with Gasteiger partial charge in [-0.15, -0.1) is 0 Å². The molecule has 3 atom stereocenters. The molecule has 0 amide bonds. The summed E-state index contributed by atoms with van der Waals surface area (Å²) in [6.07, 6.45) is 4.81. The van der Waals surface area contributed by atoms with Gasteiger partial charge in [0.25, 0.3) is 0 Å². The zero-order valence-electron chi connectivity index (χ0n) is 10.1. The maximum Gasteiger partial charge on any atom is 0.222 e. The molecule has 0 saturated heterocycles. The standard InChI is InChI=1S/C15H15N3/c1-2-5-11-10(4-1)8-12-13(14(11)12)9-18-15-16-6-3-7-17-15/h1-7,12-14H,8-9H2,(H,16,17,18)/t12-,13+,14-/m0/s1. The Labute approximate surface area is 106 Å². The number of nitrogens with zero attached hydrogens (tertiary/aromatic N) is 2. The minimum absolute atomic E-state index is 0.746. The van der Waals surface area contributed by atoms with Crippen molar-refractivity contribution in [1.29, 1.82) is 0 Å². The summed E-state index contributed by atoms with van der Waals surface area (Å²) in [5.41, 5.74) is 3.13. The quantitative estimate of drug-likeness (QED) is 0.891. The summed E-state index contributed by atoms with van der Waals surface area (Å²) in [5, 5.41) is 3.34. The molecule has 2 aromatic rings. The maximum absolute atomic E-state index is 4.19. The van der Waals surface area contributed by atoms with Gasteiger partial charge in [0.15, 0.2) is 0 Å². The second-order valence-corrected chi connectivity index (χ2v) is 5.21. The number of hydrogen-bond acceptors (Lipinski definition) is 3. The number of anilines is 1. The summed E-state index contributed by atoms with van der Waals surface area (Å²) in [6, 6.07) is 10.7. The van der Waals surface area contributed by atoms with Crippen molar-refractivity contribution in [3.8, 4) is 0 Å². The molecule has 0 bridgehead atoms. The predicted molar refractivity (Wildman–Crippen MR) is 70.4 cm³/mol. The molecule has 1 aromatic carbocycles. The summed E-state index contributed by atoms with van der Waals surface area (Å²) in [5.74, 6) is 3.13. The minimum Gasteiger partial charge on any atom is -0.354 e. The maximum atomic E-state index is 4.19. The first-order valence-electron chi connectivity index (χ1n) is 6.52. The molecule has 1 saturated carbocycles. The number of benzene rings is 1. The van der Waals surface area contributed by atoms with Gasteiger partial charge < -0.3 is 5.32 Å². The van der Waals surface area contributed by atoms with E-state index in [9.17, 15) is 0 Å². The Morgan fingerprint density at radius 2 is 1.94 bits per heavy atom. The predicted octanol–water partition coefficient (Wildman–Crippen LogP) is 2.47. The van der Waals surface area contributed by atoms with Crippen molar-refractivity contribution >= 4 is 5.95 Å². The Balaban J connectivity index is 1.43. The first-order valence-corrected chi connectivity index (χ1v) is 6.52. The topological polar surface area (TPSA) is 37.8 Å². The van der Waals surface area contributed by atoms with Crippen molar-refractivity contribution in [2.45, 2.75) is 12.3 Å². The molecule has 0 unspecified atom stereocenters. The van der Waals surface area contributed by atoms with Gasteiger partial charge in [-0.25, -0.2) is 9.97 Å². The molecule has 0 spiro atoms. The zero-order chi connectivity index (χ0) is 11.9. The lowest BCUT2D eigenvalue weighted by Crippen LogP contribution is -2.10. The molecule has 3 heteroatoms. The van der Waals surface area contributed by atoms with E-state index in [2.05, 4.69) is 39.6 Å². The Morgan fingerprint density at radius 1 is 1.11 bits per heavy atom. The summed E-state index contributed by atoms with van der Waals surface area (Å²) in [4.78, 5) is 8.39. The van der Waals surface area contributed by atoms with Crippen LogP contribution in [0.2, 0.25) is 0 Å². The van der Waals surface area contributed by atoms with Crippen molar-refractivity contribution in [2.24, 2.45) is 11.8 Å². The molecule has 90 valence electrons. The molecule has 1 aromatic heterocycles. The van der Waals surface area contributed by atoms with E-state index < -0.39 is 0 Å². The second-order valence-electron chi connectivity index (χ2n) is 5.21. The van der Waals surface area contributed by atoms with Crippen LogP contribution >= 0.6 is 0 Å². The third-order valence-corrected chi connectivity index (χ3v) is 4.26. The fraction of sp³-hybridized carbons (Fsp3) is 0.333. The summed E-state index contributed by atoms with van der Waals surface area (Å²) in [7, 11) is 0. The van der Waals surface area contributed by atoms with Crippen molar-refractivity contribution in [3.63, 3.8) is 0 Å². The van der Waals surface area contributed by atoms with E-state index in [-0.39, 0.29) is 0 Å². The van der Waals surface area contributed by atoms with Gasteiger partial charge in [0.1, 0.15) is 0 Å². The van der Waals surface area contributed by atoms with Crippen LogP contribution in [-0.4, -0.2) is 16.5 Å². The number of aromatic nitrogens is 2. The Bertz CT molecular complexity index is 567. The number of fused-ring (bicyclic) bond motifs is 3. The van der Waals surface area contributed by atoms with Crippen LogP contribution in [0.4, 0.5) is 5.95 Å². The van der Waals surface area contributed by atoms with Crippen LogP contribution in [0.25, 0.3) is 0 Å². The molecular formula is C15H15N3. The SMILES string of the molecule is c1cnc(NC[C@@H]2[C@@H]3Cc4ccccc4[C@H]23)nc1. The van der Waals surface area contributed by atoms with E-state index >= 15 is 0 Å².